The first-order valence-electron chi connectivity index (χ1n) is 40.8. The number of rotatable bonds is 77. The van der Waals surface area contributed by atoms with Gasteiger partial charge < -0.3 is 33.8 Å². The second-order valence-corrected chi connectivity index (χ2v) is 30.3. The lowest BCUT2D eigenvalue weighted by Crippen LogP contribution is -2.30. The normalized spacial score (nSPS) is 14.3. The fraction of sp³-hybridized carbons (Fsp3) is 0.783. The van der Waals surface area contributed by atoms with Crippen LogP contribution >= 0.6 is 15.6 Å². The number of esters is 4. The van der Waals surface area contributed by atoms with E-state index >= 15 is 0 Å². The number of aliphatic hydroxyl groups excluding tert-OH is 1. The summed E-state index contributed by atoms with van der Waals surface area (Å²) < 4.78 is 68.6. The molecule has 0 aliphatic carbocycles. The zero-order chi connectivity index (χ0) is 74.6. The molecule has 0 aliphatic heterocycles. The molecule has 17 nitrogen and oxygen atoms in total. The highest BCUT2D eigenvalue weighted by molar-refractivity contribution is 7.47. The summed E-state index contributed by atoms with van der Waals surface area (Å²) in [7, 11) is -9.96. The fourth-order valence-electron chi connectivity index (χ4n) is 11.2. The highest BCUT2D eigenvalue weighted by Gasteiger charge is 2.30. The number of carbonyl (C=O) groups is 4. The highest BCUT2D eigenvalue weighted by Crippen LogP contribution is 2.45. The Labute approximate surface area is 621 Å². The number of aliphatic hydroxyl groups is 1. The van der Waals surface area contributed by atoms with Gasteiger partial charge in [0.05, 0.1) is 26.4 Å². The topological polar surface area (TPSA) is 237 Å². The summed E-state index contributed by atoms with van der Waals surface area (Å²) in [5.41, 5.74) is 0. The zero-order valence-electron chi connectivity index (χ0n) is 64.8. The highest BCUT2D eigenvalue weighted by atomic mass is 31.2. The van der Waals surface area contributed by atoms with Crippen molar-refractivity contribution in [2.45, 2.75) is 380 Å². The molecule has 5 unspecified atom stereocenters. The van der Waals surface area contributed by atoms with Crippen LogP contribution in [0.2, 0.25) is 0 Å². The van der Waals surface area contributed by atoms with E-state index in [4.69, 9.17) is 37.0 Å². The van der Waals surface area contributed by atoms with E-state index in [0.29, 0.717) is 25.7 Å². The Morgan fingerprint density at radius 2 is 0.510 bits per heavy atom. The van der Waals surface area contributed by atoms with Crippen LogP contribution in [0.15, 0.2) is 85.1 Å². The summed E-state index contributed by atoms with van der Waals surface area (Å²) >= 11 is 0. The molecule has 0 bridgehead atoms. The van der Waals surface area contributed by atoms with Gasteiger partial charge in [-0.05, 0) is 103 Å². The quantitative estimate of drug-likeness (QED) is 0.0169. The molecule has 0 amide bonds. The molecule has 0 fully saturated rings. The van der Waals surface area contributed by atoms with Crippen molar-refractivity contribution < 1.29 is 80.2 Å². The molecule has 3 N–H and O–H groups in total. The zero-order valence-corrected chi connectivity index (χ0v) is 66.6. The number of phosphoric ester groups is 2. The Bertz CT molecular complexity index is 2260. The third-order valence-electron chi connectivity index (χ3n) is 17.4. The van der Waals surface area contributed by atoms with Crippen LogP contribution in [0.1, 0.15) is 362 Å². The predicted molar refractivity (Wildman–Crippen MR) is 418 cm³/mol. The number of allylic oxidation sites excluding steroid dienone is 14. The molecule has 0 rings (SSSR count). The lowest BCUT2D eigenvalue weighted by Gasteiger charge is -2.21. The van der Waals surface area contributed by atoms with Crippen LogP contribution in [0.3, 0.4) is 0 Å². The summed E-state index contributed by atoms with van der Waals surface area (Å²) in [4.78, 5) is 73.0. The summed E-state index contributed by atoms with van der Waals surface area (Å²) in [5.74, 6) is -2.21. The van der Waals surface area contributed by atoms with Gasteiger partial charge in [-0.1, -0.05) is 318 Å². The summed E-state index contributed by atoms with van der Waals surface area (Å²) in [6.07, 6.45) is 78.4. The van der Waals surface area contributed by atoms with Gasteiger partial charge in [0.15, 0.2) is 12.2 Å². The molecule has 0 saturated heterocycles. The van der Waals surface area contributed by atoms with Crippen molar-refractivity contribution in [3.05, 3.63) is 85.1 Å². The molecular formula is C83H148O17P2. The molecule has 0 aromatic rings. The third kappa shape index (κ3) is 74.5. The first kappa shape index (κ1) is 98.2. The van der Waals surface area contributed by atoms with Crippen LogP contribution in [0.25, 0.3) is 0 Å². The fourth-order valence-corrected chi connectivity index (χ4v) is 12.7. The Balaban J connectivity index is 5.35. The minimum atomic E-state index is -4.98. The molecule has 592 valence electrons. The van der Waals surface area contributed by atoms with Gasteiger partial charge >= 0.3 is 39.5 Å². The maximum absolute atomic E-state index is 13.1. The van der Waals surface area contributed by atoms with E-state index in [-0.39, 0.29) is 25.7 Å². The van der Waals surface area contributed by atoms with Crippen LogP contribution in [-0.4, -0.2) is 96.7 Å². The maximum atomic E-state index is 13.1. The second kappa shape index (κ2) is 75.5. The largest absolute Gasteiger partial charge is 0.472 e. The van der Waals surface area contributed by atoms with Crippen LogP contribution in [0.4, 0.5) is 0 Å². The number of hydrogen-bond acceptors (Lipinski definition) is 15. The van der Waals surface area contributed by atoms with Crippen LogP contribution in [0, 0.1) is 0 Å². The predicted octanol–water partition coefficient (Wildman–Crippen LogP) is 23.8. The summed E-state index contributed by atoms with van der Waals surface area (Å²) in [6, 6.07) is 0. The van der Waals surface area contributed by atoms with Gasteiger partial charge in [-0.15, -0.1) is 0 Å². The van der Waals surface area contributed by atoms with Crippen LogP contribution in [-0.2, 0) is 65.4 Å². The van der Waals surface area contributed by atoms with Crippen molar-refractivity contribution >= 4 is 39.5 Å². The average molecular weight is 1480 g/mol. The van der Waals surface area contributed by atoms with Crippen LogP contribution in [0.5, 0.6) is 0 Å². The summed E-state index contributed by atoms with van der Waals surface area (Å²) in [5, 5.41) is 10.6. The molecule has 5 atom stereocenters. The molecule has 0 aliphatic rings. The molecule has 0 radical (unpaired) electrons. The molecular weight excluding hydrogens is 1330 g/mol. The van der Waals surface area contributed by atoms with Crippen LogP contribution < -0.4 is 0 Å². The van der Waals surface area contributed by atoms with E-state index in [1.165, 1.54) is 135 Å². The lowest BCUT2D eigenvalue weighted by molar-refractivity contribution is -0.161. The minimum absolute atomic E-state index is 0.0901. The van der Waals surface area contributed by atoms with E-state index in [0.717, 1.165) is 148 Å². The van der Waals surface area contributed by atoms with Gasteiger partial charge in [0.1, 0.15) is 19.3 Å². The van der Waals surface area contributed by atoms with E-state index in [2.05, 4.69) is 113 Å². The van der Waals surface area contributed by atoms with Gasteiger partial charge in [0.25, 0.3) is 0 Å². The molecule has 0 aromatic carbocycles. The number of hydrogen-bond donors (Lipinski definition) is 3. The lowest BCUT2D eigenvalue weighted by atomic mass is 10.0. The van der Waals surface area contributed by atoms with Gasteiger partial charge in [-0.2, -0.15) is 0 Å². The minimum Gasteiger partial charge on any atom is -0.462 e. The second-order valence-electron chi connectivity index (χ2n) is 27.3. The Morgan fingerprint density at radius 1 is 0.284 bits per heavy atom. The number of phosphoric acid groups is 2. The maximum Gasteiger partial charge on any atom is 0.472 e. The Kier molecular flexibility index (Phi) is 72.7. The van der Waals surface area contributed by atoms with E-state index in [9.17, 15) is 43.2 Å². The van der Waals surface area contributed by atoms with Crippen molar-refractivity contribution in [2.75, 3.05) is 39.6 Å². The Hall–Kier alpha value is -3.76. The Morgan fingerprint density at radius 3 is 0.824 bits per heavy atom. The van der Waals surface area contributed by atoms with Crippen molar-refractivity contribution in [3.63, 3.8) is 0 Å². The number of carbonyl (C=O) groups excluding carboxylic acids is 4. The van der Waals surface area contributed by atoms with Gasteiger partial charge in [0, 0.05) is 25.7 Å². The van der Waals surface area contributed by atoms with Gasteiger partial charge in [-0.25, -0.2) is 9.13 Å². The molecule has 0 heterocycles. The van der Waals surface area contributed by atoms with E-state index in [1.54, 1.807) is 0 Å². The first-order chi connectivity index (χ1) is 49.7. The number of unbranched alkanes of at least 4 members (excludes halogenated alkanes) is 37. The smallest absolute Gasteiger partial charge is 0.462 e. The summed E-state index contributed by atoms with van der Waals surface area (Å²) in [6.45, 7) is 4.74. The molecule has 0 spiro atoms. The first-order valence-corrected chi connectivity index (χ1v) is 43.8. The van der Waals surface area contributed by atoms with Crippen molar-refractivity contribution in [1.82, 2.24) is 0 Å². The van der Waals surface area contributed by atoms with Crippen molar-refractivity contribution in [1.29, 1.82) is 0 Å². The number of ether oxygens (including phenoxy) is 4. The average Bonchev–Trinajstić information content (AvgIpc) is 0.909. The molecule has 19 heteroatoms. The SMILES string of the molecule is CC/C=C\C/C=C\C/C=C\C/C=C\CCCCC(=O)OCC(COP(=O)(O)OCC(O)COP(=O)(O)OCC(COC(=O)CCCCCCCC/C=C\C/C=C\C/C=C\CCCCC)OC(=O)CCCCCCCCCCCCCCCCC)OC(=O)CCCCCCCCCCCCCCC. The monoisotopic (exact) mass is 1480 g/mol. The molecule has 0 aromatic heterocycles. The van der Waals surface area contributed by atoms with E-state index < -0.39 is 97.5 Å². The van der Waals surface area contributed by atoms with Gasteiger partial charge in [0.2, 0.25) is 0 Å². The van der Waals surface area contributed by atoms with Crippen molar-refractivity contribution in [2.24, 2.45) is 0 Å². The van der Waals surface area contributed by atoms with Gasteiger partial charge in [-0.3, -0.25) is 37.3 Å². The third-order valence-corrected chi connectivity index (χ3v) is 19.3. The van der Waals surface area contributed by atoms with E-state index in [1.807, 2.05) is 0 Å². The standard InChI is InChI=1S/C83H148O17P2/c1-5-9-13-17-21-25-29-33-36-37-38-39-42-45-48-52-56-60-64-68-81(86)94-74-79(100-83(88)70-66-62-58-54-50-46-41-35-31-27-23-19-15-11-7-3)76-98-102(91,92)96-72-77(84)71-95-101(89,90)97-75-78(99-82(87)69-65-61-57-53-49-43-32-28-24-20-16-12-8-4)73-93-80(85)67-63-59-55-51-47-44-40-34-30-26-22-18-14-10-6-2/h10,14,21-22,25-26,33-34,36,38-40,47,51,77-79,84H,5-9,11-13,15-20,23-24,27-32,35,37,41-46,48-50,52-76H2,1-4H3,(H,89,90)(H,91,92)/b14-10-,25-21-,26-22-,36-33-,39-38-,40-34-,51-47-. The molecule has 102 heavy (non-hydrogen) atoms. The molecule has 0 saturated carbocycles. The van der Waals surface area contributed by atoms with Crippen molar-refractivity contribution in [3.8, 4) is 0 Å².